The van der Waals surface area contributed by atoms with E-state index in [1.165, 1.54) is 24.3 Å². The van der Waals surface area contributed by atoms with Gasteiger partial charge >= 0.3 is 11.9 Å². The van der Waals surface area contributed by atoms with Gasteiger partial charge in [0.2, 0.25) is 17.7 Å². The lowest BCUT2D eigenvalue weighted by Gasteiger charge is -2.27. The van der Waals surface area contributed by atoms with Crippen LogP contribution in [0.15, 0.2) is 24.3 Å². The van der Waals surface area contributed by atoms with Gasteiger partial charge in [-0.3, -0.25) is 24.0 Å². The maximum Gasteiger partial charge on any atom is 0.322 e. The number of carboxylic acids is 2. The van der Waals surface area contributed by atoms with E-state index >= 15 is 0 Å². The van der Waals surface area contributed by atoms with Crippen LogP contribution in [0.1, 0.15) is 32.3 Å². The van der Waals surface area contributed by atoms with E-state index < -0.39 is 60.8 Å². The third-order valence-electron chi connectivity index (χ3n) is 4.95. The number of nitrogens with one attached hydrogen (secondary N) is 3. The number of hydrogen-bond donors (Lipinski definition) is 7. The second-order valence-electron chi connectivity index (χ2n) is 7.62. The number of aromatic hydroxyl groups is 1. The number of rotatable bonds is 13. The number of nitrogens with two attached hydrogens (primary N) is 1. The lowest BCUT2D eigenvalue weighted by Crippen LogP contribution is -2.58. The van der Waals surface area contributed by atoms with Crippen LogP contribution in [-0.4, -0.2) is 69.7 Å². The van der Waals surface area contributed by atoms with Crippen LogP contribution in [0.2, 0.25) is 0 Å². The predicted molar refractivity (Wildman–Crippen MR) is 116 cm³/mol. The van der Waals surface area contributed by atoms with Crippen LogP contribution in [0.25, 0.3) is 0 Å². The van der Waals surface area contributed by atoms with Crippen LogP contribution in [0.5, 0.6) is 5.75 Å². The Hall–Kier alpha value is -3.67. The Bertz CT molecular complexity index is 858. The van der Waals surface area contributed by atoms with Gasteiger partial charge in [0.05, 0.1) is 12.5 Å². The zero-order valence-electron chi connectivity index (χ0n) is 18.4. The number of phenols is 1. The summed E-state index contributed by atoms with van der Waals surface area (Å²) in [4.78, 5) is 59.5. The monoisotopic (exact) mass is 466 g/mol. The van der Waals surface area contributed by atoms with Gasteiger partial charge in [-0.2, -0.15) is 0 Å². The SMILES string of the molecule is CCC(C)C(NC(=O)C(Cc1ccc(O)cc1)NC(=O)C(N)CC(=O)O)C(=O)NCC(=O)O. The van der Waals surface area contributed by atoms with Gasteiger partial charge in [0.1, 0.15) is 24.4 Å². The van der Waals surface area contributed by atoms with Crippen molar-refractivity contribution in [2.75, 3.05) is 6.54 Å². The molecule has 8 N–H and O–H groups in total. The van der Waals surface area contributed by atoms with E-state index in [4.69, 9.17) is 15.9 Å². The Labute approximate surface area is 190 Å². The Morgan fingerprint density at radius 3 is 2.06 bits per heavy atom. The topological polar surface area (TPSA) is 208 Å². The van der Waals surface area contributed by atoms with E-state index in [0.717, 1.165) is 0 Å². The molecule has 1 aromatic rings. The quantitative estimate of drug-likeness (QED) is 0.189. The minimum atomic E-state index is -1.40. The van der Waals surface area contributed by atoms with E-state index in [9.17, 15) is 29.1 Å². The van der Waals surface area contributed by atoms with Crippen LogP contribution in [0.3, 0.4) is 0 Å². The highest BCUT2D eigenvalue weighted by Gasteiger charge is 2.31. The Kier molecular flexibility index (Phi) is 10.8. The molecular weight excluding hydrogens is 436 g/mol. The molecule has 0 spiro atoms. The molecule has 0 aliphatic carbocycles. The molecule has 0 aromatic heterocycles. The van der Waals surface area contributed by atoms with E-state index in [0.29, 0.717) is 12.0 Å². The first kappa shape index (κ1) is 27.4. The van der Waals surface area contributed by atoms with Crippen LogP contribution in [-0.2, 0) is 30.4 Å². The average molecular weight is 466 g/mol. The number of hydrogen-bond acceptors (Lipinski definition) is 7. The summed E-state index contributed by atoms with van der Waals surface area (Å²) in [5.74, 6) is -5.20. The minimum Gasteiger partial charge on any atom is -0.508 e. The molecule has 3 amide bonds. The maximum absolute atomic E-state index is 13.0. The lowest BCUT2D eigenvalue weighted by atomic mass is 9.97. The summed E-state index contributed by atoms with van der Waals surface area (Å²) < 4.78 is 0. The molecule has 0 aliphatic heterocycles. The largest absolute Gasteiger partial charge is 0.508 e. The van der Waals surface area contributed by atoms with Crippen molar-refractivity contribution in [2.45, 2.75) is 51.2 Å². The zero-order valence-corrected chi connectivity index (χ0v) is 18.4. The molecule has 1 aromatic carbocycles. The molecule has 0 heterocycles. The molecule has 12 heteroatoms. The lowest BCUT2D eigenvalue weighted by molar-refractivity contribution is -0.140. The number of benzene rings is 1. The molecule has 33 heavy (non-hydrogen) atoms. The second-order valence-corrected chi connectivity index (χ2v) is 7.62. The average Bonchev–Trinajstić information content (AvgIpc) is 2.75. The Morgan fingerprint density at radius 2 is 1.55 bits per heavy atom. The number of amides is 3. The molecule has 182 valence electrons. The van der Waals surface area contributed by atoms with E-state index in [-0.39, 0.29) is 18.1 Å². The fourth-order valence-electron chi connectivity index (χ4n) is 2.87. The number of phenolic OH excluding ortho intramolecular Hbond substituents is 1. The molecule has 0 radical (unpaired) electrons. The number of carbonyl (C=O) groups excluding carboxylic acids is 3. The van der Waals surface area contributed by atoms with Gasteiger partial charge in [-0.15, -0.1) is 0 Å². The fraction of sp³-hybridized carbons (Fsp3) is 0.476. The van der Waals surface area contributed by atoms with Gasteiger partial charge in [0.25, 0.3) is 0 Å². The van der Waals surface area contributed by atoms with Crippen molar-refractivity contribution >= 4 is 29.7 Å². The van der Waals surface area contributed by atoms with Crippen LogP contribution < -0.4 is 21.7 Å². The van der Waals surface area contributed by atoms with Crippen molar-refractivity contribution in [3.05, 3.63) is 29.8 Å². The van der Waals surface area contributed by atoms with Crippen molar-refractivity contribution in [1.82, 2.24) is 16.0 Å². The maximum atomic E-state index is 13.0. The van der Waals surface area contributed by atoms with Crippen LogP contribution in [0.4, 0.5) is 0 Å². The smallest absolute Gasteiger partial charge is 0.322 e. The summed E-state index contributed by atoms with van der Waals surface area (Å²) in [7, 11) is 0. The number of carboxylic acid groups (broad SMARTS) is 2. The Balaban J connectivity index is 3.08. The normalized spacial score (nSPS) is 14.3. The highest BCUT2D eigenvalue weighted by molar-refractivity contribution is 5.94. The molecule has 12 nitrogen and oxygen atoms in total. The zero-order chi connectivity index (χ0) is 25.1. The van der Waals surface area contributed by atoms with Crippen molar-refractivity contribution in [2.24, 2.45) is 11.7 Å². The summed E-state index contributed by atoms with van der Waals surface area (Å²) >= 11 is 0. The summed E-state index contributed by atoms with van der Waals surface area (Å²) in [6, 6.07) is 2.15. The van der Waals surface area contributed by atoms with Crippen LogP contribution in [0, 0.1) is 5.92 Å². The molecule has 0 saturated heterocycles. The van der Waals surface area contributed by atoms with E-state index in [1.54, 1.807) is 13.8 Å². The van der Waals surface area contributed by atoms with Gasteiger partial charge in [0.15, 0.2) is 0 Å². The van der Waals surface area contributed by atoms with Gasteiger partial charge in [-0.1, -0.05) is 32.4 Å². The molecule has 0 bridgehead atoms. The van der Waals surface area contributed by atoms with Crippen LogP contribution >= 0.6 is 0 Å². The minimum absolute atomic E-state index is 0.000737. The van der Waals surface area contributed by atoms with Gasteiger partial charge < -0.3 is 37.0 Å². The predicted octanol–water partition coefficient (Wildman–Crippen LogP) is -1.05. The van der Waals surface area contributed by atoms with E-state index in [1.807, 2.05) is 0 Å². The third-order valence-corrected chi connectivity index (χ3v) is 4.95. The summed E-state index contributed by atoms with van der Waals surface area (Å²) in [6.07, 6.45) is -0.196. The molecule has 0 aliphatic rings. The first-order chi connectivity index (χ1) is 15.4. The highest BCUT2D eigenvalue weighted by Crippen LogP contribution is 2.13. The summed E-state index contributed by atoms with van der Waals surface area (Å²) in [5.41, 5.74) is 6.15. The first-order valence-electron chi connectivity index (χ1n) is 10.3. The molecule has 0 fully saturated rings. The van der Waals surface area contributed by atoms with Gasteiger partial charge in [-0.05, 0) is 23.6 Å². The number of carbonyl (C=O) groups is 5. The number of aliphatic carboxylic acids is 2. The second kappa shape index (κ2) is 13.0. The first-order valence-corrected chi connectivity index (χ1v) is 10.3. The molecule has 0 saturated carbocycles. The summed E-state index contributed by atoms with van der Waals surface area (Å²) in [5, 5.41) is 34.3. The Morgan fingerprint density at radius 1 is 0.939 bits per heavy atom. The van der Waals surface area contributed by atoms with Crippen molar-refractivity contribution < 1.29 is 39.3 Å². The van der Waals surface area contributed by atoms with Gasteiger partial charge in [0, 0.05) is 6.42 Å². The van der Waals surface area contributed by atoms with Crippen molar-refractivity contribution in [3.63, 3.8) is 0 Å². The standard InChI is InChI=1S/C21H30N4O8/c1-3-11(2)18(21(33)23-10-17(29)30)25-20(32)15(8-12-4-6-13(26)7-5-12)24-19(31)14(22)9-16(27)28/h4-7,11,14-15,18,26H,3,8-10,22H2,1-2H3,(H,23,33)(H,24,31)(H,25,32)(H,27,28)(H,29,30). The van der Waals surface area contributed by atoms with E-state index in [2.05, 4.69) is 16.0 Å². The molecular formula is C21H30N4O8. The molecule has 1 rings (SSSR count). The fourth-order valence-corrected chi connectivity index (χ4v) is 2.87. The van der Waals surface area contributed by atoms with Crippen molar-refractivity contribution in [1.29, 1.82) is 0 Å². The van der Waals surface area contributed by atoms with Crippen molar-refractivity contribution in [3.8, 4) is 5.75 Å². The molecule has 4 atom stereocenters. The summed E-state index contributed by atoms with van der Waals surface area (Å²) in [6.45, 7) is 2.86. The third kappa shape index (κ3) is 9.56. The van der Waals surface area contributed by atoms with Gasteiger partial charge in [-0.25, -0.2) is 0 Å². The molecule has 4 unspecified atom stereocenters. The highest BCUT2D eigenvalue weighted by atomic mass is 16.4.